The molecule has 4 N–H and O–H groups in total. The van der Waals surface area contributed by atoms with Crippen molar-refractivity contribution in [3.63, 3.8) is 0 Å². The third-order valence-electron chi connectivity index (χ3n) is 1.62. The Hall–Kier alpha value is -0.800. The van der Waals surface area contributed by atoms with E-state index in [1.54, 1.807) is 6.26 Å². The summed E-state index contributed by atoms with van der Waals surface area (Å²) in [5.41, 5.74) is 12.0. The Kier molecular flexibility index (Phi) is 3.14. The summed E-state index contributed by atoms with van der Waals surface area (Å²) in [4.78, 5) is 0. The zero-order valence-corrected chi connectivity index (χ0v) is 6.55. The fraction of sp³-hybridized carbons (Fsp3) is 0.500. The van der Waals surface area contributed by atoms with E-state index in [2.05, 4.69) is 0 Å². The first-order valence-electron chi connectivity index (χ1n) is 3.84. The maximum atomic E-state index is 5.41. The molecule has 0 unspecified atom stereocenters. The van der Waals surface area contributed by atoms with Crippen LogP contribution in [0.25, 0.3) is 0 Å². The molecule has 1 rings (SSSR count). The van der Waals surface area contributed by atoms with E-state index < -0.39 is 0 Å². The van der Waals surface area contributed by atoms with Gasteiger partial charge in [-0.05, 0) is 31.1 Å². The van der Waals surface area contributed by atoms with Gasteiger partial charge in [0.15, 0.2) is 0 Å². The summed E-state index contributed by atoms with van der Waals surface area (Å²) in [6.07, 6.45) is 3.38. The lowest BCUT2D eigenvalue weighted by Crippen LogP contribution is -2.07. The standard InChI is InChI=1S/C8H14N2O/c9-4-1-7-3-6-11-8(7)2-5-10/h3,6H,1-2,4-5,9-10H2. The highest BCUT2D eigenvalue weighted by Gasteiger charge is 2.02. The quantitative estimate of drug-likeness (QED) is 0.654. The second-order valence-corrected chi connectivity index (χ2v) is 2.45. The number of furan rings is 1. The summed E-state index contributed by atoms with van der Waals surface area (Å²) in [5, 5.41) is 0. The fourth-order valence-electron chi connectivity index (χ4n) is 1.10. The maximum Gasteiger partial charge on any atom is 0.108 e. The Balaban J connectivity index is 2.62. The SMILES string of the molecule is NCCc1ccoc1CCN. The molecule has 0 atom stereocenters. The van der Waals surface area contributed by atoms with E-state index in [-0.39, 0.29) is 0 Å². The Morgan fingerprint density at radius 2 is 1.91 bits per heavy atom. The summed E-state index contributed by atoms with van der Waals surface area (Å²) < 4.78 is 5.22. The van der Waals surface area contributed by atoms with Crippen molar-refractivity contribution in [2.24, 2.45) is 11.5 Å². The highest BCUT2D eigenvalue weighted by molar-refractivity contribution is 5.17. The Labute approximate surface area is 66.4 Å². The van der Waals surface area contributed by atoms with E-state index in [0.29, 0.717) is 13.1 Å². The highest BCUT2D eigenvalue weighted by atomic mass is 16.3. The van der Waals surface area contributed by atoms with Crippen molar-refractivity contribution in [1.29, 1.82) is 0 Å². The normalized spacial score (nSPS) is 10.4. The first-order chi connectivity index (χ1) is 5.38. The maximum absolute atomic E-state index is 5.41. The van der Waals surface area contributed by atoms with Gasteiger partial charge in [0, 0.05) is 6.42 Å². The fourth-order valence-corrected chi connectivity index (χ4v) is 1.10. The third kappa shape index (κ3) is 2.06. The van der Waals surface area contributed by atoms with Crippen molar-refractivity contribution in [2.75, 3.05) is 13.1 Å². The molecule has 0 saturated carbocycles. The predicted octanol–water partition coefficient (Wildman–Crippen LogP) is 0.282. The average molecular weight is 154 g/mol. The molecule has 11 heavy (non-hydrogen) atoms. The van der Waals surface area contributed by atoms with Crippen molar-refractivity contribution in [3.8, 4) is 0 Å². The van der Waals surface area contributed by atoms with E-state index in [9.17, 15) is 0 Å². The summed E-state index contributed by atoms with van der Waals surface area (Å²) in [6.45, 7) is 1.29. The second-order valence-electron chi connectivity index (χ2n) is 2.45. The van der Waals surface area contributed by atoms with Crippen molar-refractivity contribution in [2.45, 2.75) is 12.8 Å². The number of hydrogen-bond acceptors (Lipinski definition) is 3. The summed E-state index contributed by atoms with van der Waals surface area (Å²) in [5.74, 6) is 0.984. The number of hydrogen-bond donors (Lipinski definition) is 2. The van der Waals surface area contributed by atoms with Crippen molar-refractivity contribution < 1.29 is 4.42 Å². The van der Waals surface area contributed by atoms with Gasteiger partial charge in [0.1, 0.15) is 5.76 Å². The van der Waals surface area contributed by atoms with Crippen LogP contribution < -0.4 is 11.5 Å². The molecule has 0 bridgehead atoms. The second kappa shape index (κ2) is 4.16. The first-order valence-corrected chi connectivity index (χ1v) is 3.84. The van der Waals surface area contributed by atoms with Gasteiger partial charge in [-0.25, -0.2) is 0 Å². The van der Waals surface area contributed by atoms with E-state index in [0.717, 1.165) is 18.6 Å². The van der Waals surface area contributed by atoms with Gasteiger partial charge in [-0.15, -0.1) is 0 Å². The number of nitrogens with two attached hydrogens (primary N) is 2. The van der Waals surface area contributed by atoms with Crippen LogP contribution in [0.1, 0.15) is 11.3 Å². The highest BCUT2D eigenvalue weighted by Crippen LogP contribution is 2.10. The van der Waals surface area contributed by atoms with Gasteiger partial charge in [-0.3, -0.25) is 0 Å². The molecule has 0 aromatic carbocycles. The van der Waals surface area contributed by atoms with Crippen molar-refractivity contribution in [3.05, 3.63) is 23.7 Å². The van der Waals surface area contributed by atoms with Crippen LogP contribution in [0.5, 0.6) is 0 Å². The molecule has 3 nitrogen and oxygen atoms in total. The lowest BCUT2D eigenvalue weighted by molar-refractivity contribution is 0.506. The van der Waals surface area contributed by atoms with Crippen LogP contribution in [0.4, 0.5) is 0 Å². The molecule has 1 aromatic rings. The minimum absolute atomic E-state index is 0.630. The van der Waals surface area contributed by atoms with Gasteiger partial charge in [0.25, 0.3) is 0 Å². The van der Waals surface area contributed by atoms with Gasteiger partial charge >= 0.3 is 0 Å². The summed E-state index contributed by atoms with van der Waals surface area (Å²) in [6, 6.07) is 1.96. The minimum Gasteiger partial charge on any atom is -0.469 e. The monoisotopic (exact) mass is 154 g/mol. The van der Waals surface area contributed by atoms with Crippen LogP contribution in [0.3, 0.4) is 0 Å². The molecule has 0 radical (unpaired) electrons. The van der Waals surface area contributed by atoms with Gasteiger partial charge in [0.05, 0.1) is 6.26 Å². The van der Waals surface area contributed by atoms with E-state index >= 15 is 0 Å². The molecule has 0 fully saturated rings. The molecular formula is C8H14N2O. The van der Waals surface area contributed by atoms with Crippen molar-refractivity contribution in [1.82, 2.24) is 0 Å². The zero-order chi connectivity index (χ0) is 8.10. The lowest BCUT2D eigenvalue weighted by atomic mass is 10.1. The summed E-state index contributed by atoms with van der Waals surface area (Å²) in [7, 11) is 0. The largest absolute Gasteiger partial charge is 0.469 e. The van der Waals surface area contributed by atoms with Crippen LogP contribution in [0.15, 0.2) is 16.7 Å². The van der Waals surface area contributed by atoms with Gasteiger partial charge < -0.3 is 15.9 Å². The Morgan fingerprint density at radius 3 is 2.55 bits per heavy atom. The van der Waals surface area contributed by atoms with Gasteiger partial charge in [-0.2, -0.15) is 0 Å². The predicted molar refractivity (Wildman–Crippen MR) is 44.2 cm³/mol. The molecule has 3 heteroatoms. The Bertz CT molecular complexity index is 187. The molecule has 1 heterocycles. The molecule has 0 aliphatic carbocycles. The van der Waals surface area contributed by atoms with Crippen LogP contribution in [-0.4, -0.2) is 13.1 Å². The zero-order valence-electron chi connectivity index (χ0n) is 6.55. The molecule has 0 saturated heterocycles. The molecular weight excluding hydrogens is 140 g/mol. The van der Waals surface area contributed by atoms with Crippen LogP contribution in [-0.2, 0) is 12.8 Å². The van der Waals surface area contributed by atoms with E-state index in [4.69, 9.17) is 15.9 Å². The molecule has 1 aromatic heterocycles. The van der Waals surface area contributed by atoms with Crippen LogP contribution >= 0.6 is 0 Å². The Morgan fingerprint density at radius 1 is 1.18 bits per heavy atom. The van der Waals surface area contributed by atoms with E-state index in [1.165, 1.54) is 5.56 Å². The molecule has 0 aliphatic rings. The van der Waals surface area contributed by atoms with Crippen LogP contribution in [0.2, 0.25) is 0 Å². The number of rotatable bonds is 4. The average Bonchev–Trinajstić information content (AvgIpc) is 2.39. The lowest BCUT2D eigenvalue weighted by Gasteiger charge is -1.97. The van der Waals surface area contributed by atoms with Crippen LogP contribution in [0, 0.1) is 0 Å². The smallest absolute Gasteiger partial charge is 0.108 e. The van der Waals surface area contributed by atoms with Gasteiger partial charge in [-0.1, -0.05) is 0 Å². The molecule has 0 amide bonds. The first kappa shape index (κ1) is 8.30. The molecule has 0 spiro atoms. The van der Waals surface area contributed by atoms with Gasteiger partial charge in [0.2, 0.25) is 0 Å². The van der Waals surface area contributed by atoms with Crippen molar-refractivity contribution >= 4 is 0 Å². The third-order valence-corrected chi connectivity index (χ3v) is 1.62. The topological polar surface area (TPSA) is 65.2 Å². The minimum atomic E-state index is 0.630. The molecule has 62 valence electrons. The van der Waals surface area contributed by atoms with E-state index in [1.807, 2.05) is 6.07 Å². The summed E-state index contributed by atoms with van der Waals surface area (Å²) >= 11 is 0. The molecule has 0 aliphatic heterocycles.